The number of hydrogen-bond donors (Lipinski definition) is 1. The summed E-state index contributed by atoms with van der Waals surface area (Å²) in [6.07, 6.45) is 0.348. The Labute approximate surface area is 231 Å². The molecule has 1 atom stereocenters. The van der Waals surface area contributed by atoms with Crippen LogP contribution < -0.4 is 14.4 Å². The van der Waals surface area contributed by atoms with Gasteiger partial charge in [-0.25, -0.2) is 8.42 Å². The first-order valence-electron chi connectivity index (χ1n) is 12.8. The van der Waals surface area contributed by atoms with E-state index in [0.717, 1.165) is 9.87 Å². The lowest BCUT2D eigenvalue weighted by molar-refractivity contribution is -0.141. The molecule has 2 amide bonds. The van der Waals surface area contributed by atoms with Crippen molar-refractivity contribution in [2.75, 3.05) is 18.0 Å². The summed E-state index contributed by atoms with van der Waals surface area (Å²) < 4.78 is 34.3. The van der Waals surface area contributed by atoms with Crippen LogP contribution in [0.3, 0.4) is 0 Å². The highest BCUT2D eigenvalue weighted by molar-refractivity contribution is 7.92. The molecule has 3 rings (SSSR count). The number of rotatable bonds is 11. The third-order valence-electron chi connectivity index (χ3n) is 6.04. The zero-order valence-electron chi connectivity index (χ0n) is 23.1. The maximum absolute atomic E-state index is 14.1. The van der Waals surface area contributed by atoms with E-state index < -0.39 is 34.1 Å². The summed E-state index contributed by atoms with van der Waals surface area (Å²) in [4.78, 5) is 28.9. The molecule has 208 valence electrons. The Hall–Kier alpha value is -3.85. The molecule has 9 heteroatoms. The molecule has 0 aromatic heterocycles. The first kappa shape index (κ1) is 29.7. The number of sulfonamides is 1. The summed E-state index contributed by atoms with van der Waals surface area (Å²) in [6, 6.07) is 23.1. The van der Waals surface area contributed by atoms with E-state index in [1.54, 1.807) is 42.5 Å². The number of methoxy groups -OCH3 is 1. The van der Waals surface area contributed by atoms with Gasteiger partial charge in [0, 0.05) is 12.1 Å². The van der Waals surface area contributed by atoms with Crippen molar-refractivity contribution in [1.82, 2.24) is 10.2 Å². The van der Waals surface area contributed by atoms with Gasteiger partial charge in [0.15, 0.2) is 0 Å². The Morgan fingerprint density at radius 2 is 1.46 bits per heavy atom. The zero-order chi connectivity index (χ0) is 28.6. The zero-order valence-corrected chi connectivity index (χ0v) is 23.9. The minimum Gasteiger partial charge on any atom is -0.495 e. The van der Waals surface area contributed by atoms with E-state index in [1.807, 2.05) is 58.0 Å². The van der Waals surface area contributed by atoms with E-state index in [0.29, 0.717) is 12.2 Å². The largest absolute Gasteiger partial charge is 0.495 e. The molecule has 0 aliphatic rings. The number of nitrogens with zero attached hydrogens (tertiary/aromatic N) is 2. The highest BCUT2D eigenvalue weighted by Gasteiger charge is 2.35. The van der Waals surface area contributed by atoms with Gasteiger partial charge in [-0.15, -0.1) is 0 Å². The lowest BCUT2D eigenvalue weighted by atomic mass is 10.1. The fraction of sp³-hybridized carbons (Fsp3) is 0.333. The van der Waals surface area contributed by atoms with E-state index in [9.17, 15) is 18.0 Å². The number of benzene rings is 3. The predicted molar refractivity (Wildman–Crippen MR) is 153 cm³/mol. The molecule has 1 unspecified atom stereocenters. The minimum atomic E-state index is -4.16. The second-order valence-electron chi connectivity index (χ2n) is 10.2. The van der Waals surface area contributed by atoms with E-state index in [-0.39, 0.29) is 23.0 Å². The highest BCUT2D eigenvalue weighted by atomic mass is 32.2. The number of anilines is 1. The second kappa shape index (κ2) is 12.8. The number of ether oxygens (including phenoxy) is 1. The van der Waals surface area contributed by atoms with Crippen LogP contribution in [0.5, 0.6) is 5.75 Å². The van der Waals surface area contributed by atoms with Crippen LogP contribution in [0.25, 0.3) is 0 Å². The molecule has 8 nitrogen and oxygen atoms in total. The summed E-state index contributed by atoms with van der Waals surface area (Å²) >= 11 is 0. The Bertz CT molecular complexity index is 1360. The summed E-state index contributed by atoms with van der Waals surface area (Å²) in [5.74, 6) is -0.513. The van der Waals surface area contributed by atoms with Crippen molar-refractivity contribution in [3.8, 4) is 5.75 Å². The number of carbonyl (C=O) groups excluding carboxylic acids is 2. The van der Waals surface area contributed by atoms with Crippen molar-refractivity contribution in [3.63, 3.8) is 0 Å². The number of carbonyl (C=O) groups is 2. The Morgan fingerprint density at radius 1 is 0.897 bits per heavy atom. The average Bonchev–Trinajstić information content (AvgIpc) is 2.91. The molecule has 3 aromatic rings. The van der Waals surface area contributed by atoms with Crippen molar-refractivity contribution in [3.05, 3.63) is 90.5 Å². The van der Waals surface area contributed by atoms with E-state index >= 15 is 0 Å². The van der Waals surface area contributed by atoms with Crippen molar-refractivity contribution in [1.29, 1.82) is 0 Å². The van der Waals surface area contributed by atoms with Gasteiger partial charge in [0.1, 0.15) is 18.3 Å². The first-order valence-corrected chi connectivity index (χ1v) is 14.3. The van der Waals surface area contributed by atoms with Gasteiger partial charge in [-0.05, 0) is 57.0 Å². The molecular weight excluding hydrogens is 514 g/mol. The molecule has 0 saturated heterocycles. The van der Waals surface area contributed by atoms with Crippen molar-refractivity contribution in [2.24, 2.45) is 0 Å². The number of para-hydroxylation sites is 2. The lowest BCUT2D eigenvalue weighted by Crippen LogP contribution is -2.55. The third-order valence-corrected chi connectivity index (χ3v) is 7.82. The molecule has 0 fully saturated rings. The molecule has 0 spiro atoms. The maximum atomic E-state index is 14.1. The maximum Gasteiger partial charge on any atom is 0.264 e. The average molecular weight is 552 g/mol. The fourth-order valence-corrected chi connectivity index (χ4v) is 5.67. The summed E-state index contributed by atoms with van der Waals surface area (Å²) in [7, 11) is -2.72. The van der Waals surface area contributed by atoms with Crippen LogP contribution in [0.4, 0.5) is 5.69 Å². The van der Waals surface area contributed by atoms with E-state index in [4.69, 9.17) is 4.74 Å². The number of amides is 2. The van der Waals surface area contributed by atoms with Gasteiger partial charge < -0.3 is 15.0 Å². The van der Waals surface area contributed by atoms with Gasteiger partial charge in [0.25, 0.3) is 10.0 Å². The normalized spacial score (nSPS) is 12.3. The predicted octanol–water partition coefficient (Wildman–Crippen LogP) is 4.61. The van der Waals surface area contributed by atoms with Gasteiger partial charge in [-0.1, -0.05) is 67.6 Å². The van der Waals surface area contributed by atoms with Crippen LogP contribution in [-0.4, -0.2) is 50.4 Å². The molecule has 0 aliphatic carbocycles. The molecule has 3 aromatic carbocycles. The smallest absolute Gasteiger partial charge is 0.264 e. The van der Waals surface area contributed by atoms with Crippen LogP contribution in [0.15, 0.2) is 89.8 Å². The van der Waals surface area contributed by atoms with E-state index in [1.165, 1.54) is 24.1 Å². The monoisotopic (exact) mass is 551 g/mol. The molecule has 0 aliphatic heterocycles. The summed E-state index contributed by atoms with van der Waals surface area (Å²) in [6.45, 7) is 7.06. The van der Waals surface area contributed by atoms with Gasteiger partial charge in [-0.3, -0.25) is 13.9 Å². The van der Waals surface area contributed by atoms with Gasteiger partial charge in [0.2, 0.25) is 11.8 Å². The Kier molecular flexibility index (Phi) is 9.75. The lowest BCUT2D eigenvalue weighted by Gasteiger charge is -2.35. The number of nitrogens with one attached hydrogen (secondary N) is 1. The number of hydrogen-bond acceptors (Lipinski definition) is 5. The standard InChI is InChI=1S/C30H37N3O5S/c1-6-25(29(35)31-30(2,3)4)32(21-23-15-9-7-10-16-23)28(34)22-33(26-19-13-14-20-27(26)38-5)39(36,37)24-17-11-8-12-18-24/h7-20,25H,6,21-22H2,1-5H3,(H,31,35). The first-order chi connectivity index (χ1) is 18.5. The summed E-state index contributed by atoms with van der Waals surface area (Å²) in [5, 5.41) is 2.97. The fourth-order valence-electron chi connectivity index (χ4n) is 4.22. The molecule has 0 bridgehead atoms. The molecule has 39 heavy (non-hydrogen) atoms. The van der Waals surface area contributed by atoms with Crippen LogP contribution in [0.2, 0.25) is 0 Å². The molecule has 0 heterocycles. The van der Waals surface area contributed by atoms with Crippen molar-refractivity contribution >= 4 is 27.5 Å². The molecular formula is C30H37N3O5S. The van der Waals surface area contributed by atoms with Crippen molar-refractivity contribution in [2.45, 2.75) is 57.1 Å². The van der Waals surface area contributed by atoms with Crippen LogP contribution in [-0.2, 0) is 26.2 Å². The minimum absolute atomic E-state index is 0.0378. The molecule has 0 radical (unpaired) electrons. The van der Waals surface area contributed by atoms with Crippen LogP contribution in [0, 0.1) is 0 Å². The van der Waals surface area contributed by atoms with Crippen LogP contribution in [0.1, 0.15) is 39.7 Å². The van der Waals surface area contributed by atoms with Gasteiger partial charge >= 0.3 is 0 Å². The molecule has 0 saturated carbocycles. The van der Waals surface area contributed by atoms with Gasteiger partial charge in [-0.2, -0.15) is 0 Å². The third kappa shape index (κ3) is 7.60. The Morgan fingerprint density at radius 3 is 2.03 bits per heavy atom. The van der Waals surface area contributed by atoms with Gasteiger partial charge in [0.05, 0.1) is 17.7 Å². The highest BCUT2D eigenvalue weighted by Crippen LogP contribution is 2.32. The van der Waals surface area contributed by atoms with Crippen molar-refractivity contribution < 1.29 is 22.7 Å². The second-order valence-corrected chi connectivity index (χ2v) is 12.0. The SMILES string of the molecule is CCC(C(=O)NC(C)(C)C)N(Cc1ccccc1)C(=O)CN(c1ccccc1OC)S(=O)(=O)c1ccccc1. The Balaban J connectivity index is 2.08. The van der Waals surface area contributed by atoms with E-state index in [2.05, 4.69) is 5.32 Å². The quantitative estimate of drug-likeness (QED) is 0.375. The molecule has 1 N–H and O–H groups in total. The summed E-state index contributed by atoms with van der Waals surface area (Å²) in [5.41, 5.74) is 0.540. The topological polar surface area (TPSA) is 96.0 Å². The van der Waals surface area contributed by atoms with Crippen LogP contribution >= 0.6 is 0 Å².